The Bertz CT molecular complexity index is 427. The van der Waals surface area contributed by atoms with E-state index in [9.17, 15) is 4.39 Å². The lowest BCUT2D eigenvalue weighted by atomic mass is 9.85. The van der Waals surface area contributed by atoms with Gasteiger partial charge in [-0.2, -0.15) is 0 Å². The fourth-order valence-corrected chi connectivity index (χ4v) is 2.50. The van der Waals surface area contributed by atoms with Crippen LogP contribution in [-0.2, 0) is 11.2 Å². The number of nitrogens with two attached hydrogens (primary N) is 1. The SMILES string of the molecule is Cc1cc(CCN(C)CC2(CN)COC2)ccc1F. The summed E-state index contributed by atoms with van der Waals surface area (Å²) in [4.78, 5) is 2.29. The van der Waals surface area contributed by atoms with Crippen molar-refractivity contribution in [3.63, 3.8) is 0 Å². The van der Waals surface area contributed by atoms with Crippen LogP contribution in [0.5, 0.6) is 0 Å². The number of hydrogen-bond acceptors (Lipinski definition) is 3. The normalized spacial score (nSPS) is 17.5. The first kappa shape index (κ1) is 14.4. The number of likely N-dealkylation sites (N-methyl/N-ethyl adjacent to an activating group) is 1. The average molecular weight is 266 g/mol. The monoisotopic (exact) mass is 266 g/mol. The molecule has 1 aliphatic rings. The number of ether oxygens (including phenoxy) is 1. The Balaban J connectivity index is 1.82. The molecule has 1 aromatic carbocycles. The summed E-state index contributed by atoms with van der Waals surface area (Å²) in [7, 11) is 2.10. The van der Waals surface area contributed by atoms with Crippen molar-refractivity contribution in [2.45, 2.75) is 13.3 Å². The summed E-state index contributed by atoms with van der Waals surface area (Å²) >= 11 is 0. The lowest BCUT2D eigenvalue weighted by Crippen LogP contribution is -2.54. The molecule has 0 saturated carbocycles. The first-order valence-corrected chi connectivity index (χ1v) is 6.76. The zero-order chi connectivity index (χ0) is 13.9. The minimum absolute atomic E-state index is 0.134. The van der Waals surface area contributed by atoms with E-state index in [1.807, 2.05) is 12.1 Å². The Morgan fingerprint density at radius 3 is 2.68 bits per heavy atom. The maximum atomic E-state index is 13.2. The second kappa shape index (κ2) is 5.99. The van der Waals surface area contributed by atoms with Crippen molar-refractivity contribution in [2.24, 2.45) is 11.1 Å². The Morgan fingerprint density at radius 2 is 2.16 bits per heavy atom. The van der Waals surface area contributed by atoms with Crippen LogP contribution in [0.1, 0.15) is 11.1 Å². The first-order chi connectivity index (χ1) is 9.04. The molecule has 1 aliphatic heterocycles. The quantitative estimate of drug-likeness (QED) is 0.849. The maximum absolute atomic E-state index is 13.2. The van der Waals surface area contributed by atoms with Crippen LogP contribution in [-0.4, -0.2) is 44.8 Å². The highest BCUT2D eigenvalue weighted by Gasteiger charge is 2.37. The molecule has 0 atom stereocenters. The number of aryl methyl sites for hydroxylation is 1. The van der Waals surface area contributed by atoms with Gasteiger partial charge in [-0.15, -0.1) is 0 Å². The van der Waals surface area contributed by atoms with Gasteiger partial charge in [0.2, 0.25) is 0 Å². The molecule has 19 heavy (non-hydrogen) atoms. The molecule has 1 saturated heterocycles. The van der Waals surface area contributed by atoms with Crippen molar-refractivity contribution < 1.29 is 9.13 Å². The van der Waals surface area contributed by atoms with Gasteiger partial charge in [0.25, 0.3) is 0 Å². The van der Waals surface area contributed by atoms with Crippen molar-refractivity contribution in [3.8, 4) is 0 Å². The van der Waals surface area contributed by atoms with E-state index in [4.69, 9.17) is 10.5 Å². The van der Waals surface area contributed by atoms with E-state index in [2.05, 4.69) is 11.9 Å². The fourth-order valence-electron chi connectivity index (χ4n) is 2.50. The van der Waals surface area contributed by atoms with Crippen LogP contribution < -0.4 is 5.73 Å². The van der Waals surface area contributed by atoms with Crippen LogP contribution in [0.25, 0.3) is 0 Å². The number of nitrogens with zero attached hydrogens (tertiary/aromatic N) is 1. The Labute approximate surface area is 114 Å². The third-order valence-electron chi connectivity index (χ3n) is 3.86. The van der Waals surface area contributed by atoms with Gasteiger partial charge in [0.15, 0.2) is 0 Å². The third-order valence-corrected chi connectivity index (χ3v) is 3.86. The summed E-state index contributed by atoms with van der Waals surface area (Å²) < 4.78 is 18.5. The van der Waals surface area contributed by atoms with Crippen LogP contribution in [0.15, 0.2) is 18.2 Å². The first-order valence-electron chi connectivity index (χ1n) is 6.76. The van der Waals surface area contributed by atoms with Crippen LogP contribution >= 0.6 is 0 Å². The van der Waals surface area contributed by atoms with Crippen LogP contribution in [0, 0.1) is 18.2 Å². The summed E-state index contributed by atoms with van der Waals surface area (Å²) in [6, 6.07) is 5.33. The Hall–Kier alpha value is -0.970. The van der Waals surface area contributed by atoms with E-state index in [1.54, 1.807) is 13.0 Å². The number of halogens is 1. The molecular formula is C15H23FN2O. The van der Waals surface area contributed by atoms with Crippen molar-refractivity contribution in [1.82, 2.24) is 4.90 Å². The molecule has 0 radical (unpaired) electrons. The molecule has 0 spiro atoms. The zero-order valence-corrected chi connectivity index (χ0v) is 11.8. The number of benzene rings is 1. The highest BCUT2D eigenvalue weighted by molar-refractivity contribution is 5.24. The van der Waals surface area contributed by atoms with Gasteiger partial charge in [-0.1, -0.05) is 12.1 Å². The zero-order valence-electron chi connectivity index (χ0n) is 11.8. The molecule has 2 N–H and O–H groups in total. The molecule has 0 unspecified atom stereocenters. The predicted octanol–water partition coefficient (Wildman–Crippen LogP) is 1.58. The molecule has 0 aromatic heterocycles. The summed E-state index contributed by atoms with van der Waals surface area (Å²) in [6.07, 6.45) is 0.930. The molecule has 3 nitrogen and oxygen atoms in total. The maximum Gasteiger partial charge on any atom is 0.126 e. The van der Waals surface area contributed by atoms with E-state index in [1.165, 1.54) is 5.56 Å². The molecule has 4 heteroatoms. The summed E-state index contributed by atoms with van der Waals surface area (Å²) in [6.45, 7) is 5.92. The van der Waals surface area contributed by atoms with Gasteiger partial charge in [-0.3, -0.25) is 0 Å². The van der Waals surface area contributed by atoms with Gasteiger partial charge in [0, 0.05) is 25.0 Å². The Morgan fingerprint density at radius 1 is 1.42 bits per heavy atom. The van der Waals surface area contributed by atoms with Gasteiger partial charge in [-0.05, 0) is 37.6 Å². The minimum Gasteiger partial charge on any atom is -0.380 e. The topological polar surface area (TPSA) is 38.5 Å². The van der Waals surface area contributed by atoms with E-state index >= 15 is 0 Å². The second-order valence-electron chi connectivity index (χ2n) is 5.77. The highest BCUT2D eigenvalue weighted by Crippen LogP contribution is 2.26. The van der Waals surface area contributed by atoms with Crippen molar-refractivity contribution >= 4 is 0 Å². The molecule has 1 aromatic rings. The van der Waals surface area contributed by atoms with Crippen molar-refractivity contribution in [3.05, 3.63) is 35.1 Å². The molecule has 1 heterocycles. The van der Waals surface area contributed by atoms with Gasteiger partial charge in [-0.25, -0.2) is 4.39 Å². The van der Waals surface area contributed by atoms with Gasteiger partial charge in [0.05, 0.1) is 13.2 Å². The second-order valence-corrected chi connectivity index (χ2v) is 5.77. The fraction of sp³-hybridized carbons (Fsp3) is 0.600. The standard InChI is InChI=1S/C15H23FN2O/c1-12-7-13(3-4-14(12)16)5-6-18(2)9-15(8-17)10-19-11-15/h3-4,7H,5-6,8-11,17H2,1-2H3. The molecule has 0 aliphatic carbocycles. The largest absolute Gasteiger partial charge is 0.380 e. The van der Waals surface area contributed by atoms with Crippen molar-refractivity contribution in [2.75, 3.05) is 39.9 Å². The van der Waals surface area contributed by atoms with Crippen LogP contribution in [0.2, 0.25) is 0 Å². The summed E-state index contributed by atoms with van der Waals surface area (Å²) in [5, 5.41) is 0. The highest BCUT2D eigenvalue weighted by atomic mass is 19.1. The lowest BCUT2D eigenvalue weighted by molar-refractivity contribution is -0.117. The number of rotatable bonds is 6. The van der Waals surface area contributed by atoms with Crippen LogP contribution in [0.4, 0.5) is 4.39 Å². The molecule has 0 amide bonds. The molecule has 106 valence electrons. The molecule has 2 rings (SSSR count). The molecule has 0 bridgehead atoms. The van der Waals surface area contributed by atoms with E-state index in [-0.39, 0.29) is 11.2 Å². The van der Waals surface area contributed by atoms with E-state index < -0.39 is 0 Å². The Kier molecular flexibility index (Phi) is 4.55. The predicted molar refractivity (Wildman–Crippen MR) is 74.6 cm³/mol. The molecular weight excluding hydrogens is 243 g/mol. The van der Waals surface area contributed by atoms with E-state index in [0.717, 1.165) is 32.7 Å². The van der Waals surface area contributed by atoms with Gasteiger partial charge >= 0.3 is 0 Å². The third kappa shape index (κ3) is 3.53. The van der Waals surface area contributed by atoms with E-state index in [0.29, 0.717) is 12.1 Å². The van der Waals surface area contributed by atoms with Gasteiger partial charge in [0.1, 0.15) is 5.82 Å². The summed E-state index contributed by atoms with van der Waals surface area (Å²) in [5.41, 5.74) is 7.85. The lowest BCUT2D eigenvalue weighted by Gasteiger charge is -2.43. The minimum atomic E-state index is -0.134. The van der Waals surface area contributed by atoms with Crippen LogP contribution in [0.3, 0.4) is 0 Å². The summed E-state index contributed by atoms with van der Waals surface area (Å²) in [5.74, 6) is -0.134. The smallest absolute Gasteiger partial charge is 0.126 e. The van der Waals surface area contributed by atoms with Crippen molar-refractivity contribution in [1.29, 1.82) is 0 Å². The number of hydrogen-bond donors (Lipinski definition) is 1. The molecule has 1 fully saturated rings. The average Bonchev–Trinajstić information content (AvgIpc) is 2.35. The van der Waals surface area contributed by atoms with Gasteiger partial charge < -0.3 is 15.4 Å².